The summed E-state index contributed by atoms with van der Waals surface area (Å²) in [5, 5.41) is 3.95. The van der Waals surface area contributed by atoms with Crippen LogP contribution in [-0.2, 0) is 4.74 Å². The molecular formula is C16H17N3O2. The maximum absolute atomic E-state index is 12.4. The van der Waals surface area contributed by atoms with Crippen molar-refractivity contribution in [3.05, 3.63) is 42.1 Å². The van der Waals surface area contributed by atoms with Gasteiger partial charge >= 0.3 is 0 Å². The van der Waals surface area contributed by atoms with E-state index in [1.54, 1.807) is 6.20 Å². The zero-order valence-corrected chi connectivity index (χ0v) is 11.5. The van der Waals surface area contributed by atoms with Gasteiger partial charge in [0.2, 0.25) is 0 Å². The van der Waals surface area contributed by atoms with Crippen molar-refractivity contribution in [1.82, 2.24) is 10.3 Å². The summed E-state index contributed by atoms with van der Waals surface area (Å²) in [4.78, 5) is 16.7. The lowest BCUT2D eigenvalue weighted by Crippen LogP contribution is -2.68. The normalized spacial score (nSPS) is 30.7. The smallest absolute Gasteiger partial charge is 0.253 e. The van der Waals surface area contributed by atoms with Crippen LogP contribution in [-0.4, -0.2) is 35.7 Å². The van der Waals surface area contributed by atoms with Gasteiger partial charge in [0.15, 0.2) is 0 Å². The molecule has 1 aromatic carbocycles. The van der Waals surface area contributed by atoms with Gasteiger partial charge in [0.1, 0.15) is 0 Å². The lowest BCUT2D eigenvalue weighted by atomic mass is 9.72. The van der Waals surface area contributed by atoms with Gasteiger partial charge in [0, 0.05) is 30.1 Å². The van der Waals surface area contributed by atoms with E-state index in [1.165, 1.54) is 0 Å². The number of rotatable bonds is 2. The number of carbonyl (C=O) groups is 1. The van der Waals surface area contributed by atoms with Crippen molar-refractivity contribution < 1.29 is 9.53 Å². The molecule has 1 aromatic heterocycles. The molecular weight excluding hydrogens is 266 g/mol. The Morgan fingerprint density at radius 3 is 3.14 bits per heavy atom. The monoisotopic (exact) mass is 283 g/mol. The molecule has 3 N–H and O–H groups in total. The summed E-state index contributed by atoms with van der Waals surface area (Å²) in [5.74, 6) is 0.257. The van der Waals surface area contributed by atoms with Gasteiger partial charge in [-0.3, -0.25) is 9.78 Å². The van der Waals surface area contributed by atoms with Crippen molar-refractivity contribution in [2.45, 2.75) is 24.6 Å². The number of hydrogen-bond donors (Lipinski definition) is 2. The Balaban J connectivity index is 1.53. The van der Waals surface area contributed by atoms with Crippen molar-refractivity contribution in [2.24, 2.45) is 11.7 Å². The van der Waals surface area contributed by atoms with Crippen LogP contribution in [0.5, 0.6) is 0 Å². The number of ether oxygens (including phenoxy) is 1. The molecule has 21 heavy (non-hydrogen) atoms. The number of carbonyl (C=O) groups excluding carboxylic acids is 1. The first-order valence-electron chi connectivity index (χ1n) is 7.27. The minimum Gasteiger partial charge on any atom is -0.376 e. The van der Waals surface area contributed by atoms with Crippen LogP contribution < -0.4 is 11.1 Å². The SMILES string of the molecule is N[C@H]1[C@H]2CCO[C@H]2[C@@H]1NC(=O)c1cnc2ccccc2c1. The molecule has 2 aliphatic rings. The van der Waals surface area contributed by atoms with Crippen LogP contribution in [0.3, 0.4) is 0 Å². The van der Waals surface area contributed by atoms with Gasteiger partial charge in [-0.1, -0.05) is 18.2 Å². The van der Waals surface area contributed by atoms with Crippen molar-refractivity contribution in [1.29, 1.82) is 0 Å². The molecule has 0 bridgehead atoms. The van der Waals surface area contributed by atoms with Gasteiger partial charge in [-0.15, -0.1) is 0 Å². The lowest BCUT2D eigenvalue weighted by Gasteiger charge is -2.45. The van der Waals surface area contributed by atoms with Crippen LogP contribution in [0.15, 0.2) is 36.5 Å². The van der Waals surface area contributed by atoms with E-state index in [0.717, 1.165) is 23.9 Å². The van der Waals surface area contributed by atoms with Gasteiger partial charge in [-0.2, -0.15) is 0 Å². The van der Waals surface area contributed by atoms with Crippen LogP contribution in [0.1, 0.15) is 16.8 Å². The topological polar surface area (TPSA) is 77.2 Å². The third-order valence-electron chi connectivity index (χ3n) is 4.60. The Bertz CT molecular complexity index is 703. The first-order chi connectivity index (χ1) is 10.2. The highest BCUT2D eigenvalue weighted by atomic mass is 16.5. The van der Waals surface area contributed by atoms with Crippen molar-refractivity contribution >= 4 is 16.8 Å². The Hall–Kier alpha value is -1.98. The zero-order valence-electron chi connectivity index (χ0n) is 11.5. The van der Waals surface area contributed by atoms with E-state index in [0.29, 0.717) is 11.5 Å². The number of amides is 1. The van der Waals surface area contributed by atoms with Crippen molar-refractivity contribution in [3.8, 4) is 0 Å². The molecule has 0 radical (unpaired) electrons. The summed E-state index contributed by atoms with van der Waals surface area (Å²) in [6.07, 6.45) is 2.68. The quantitative estimate of drug-likeness (QED) is 0.864. The average Bonchev–Trinajstić information content (AvgIpc) is 2.96. The fraction of sp³-hybridized carbons (Fsp3) is 0.375. The molecule has 2 fully saturated rings. The van der Waals surface area contributed by atoms with E-state index in [4.69, 9.17) is 10.5 Å². The number of fused-ring (bicyclic) bond motifs is 2. The second-order valence-corrected chi connectivity index (χ2v) is 5.78. The van der Waals surface area contributed by atoms with E-state index in [1.807, 2.05) is 30.3 Å². The minimum absolute atomic E-state index is 0.00475. The summed E-state index contributed by atoms with van der Waals surface area (Å²) < 4.78 is 5.63. The molecule has 1 amide bonds. The van der Waals surface area contributed by atoms with E-state index < -0.39 is 0 Å². The summed E-state index contributed by atoms with van der Waals surface area (Å²) in [6, 6.07) is 9.51. The third kappa shape index (κ3) is 2.01. The highest BCUT2D eigenvalue weighted by Gasteiger charge is 2.52. The second kappa shape index (κ2) is 4.79. The highest BCUT2D eigenvalue weighted by molar-refractivity contribution is 5.97. The van der Waals surface area contributed by atoms with Gasteiger partial charge in [-0.05, 0) is 18.6 Å². The number of aromatic nitrogens is 1. The zero-order chi connectivity index (χ0) is 14.4. The maximum Gasteiger partial charge on any atom is 0.253 e. The number of nitrogens with zero attached hydrogens (tertiary/aromatic N) is 1. The summed E-state index contributed by atoms with van der Waals surface area (Å²) in [6.45, 7) is 0.743. The van der Waals surface area contributed by atoms with Crippen LogP contribution in [0.25, 0.3) is 10.9 Å². The number of benzene rings is 1. The van der Waals surface area contributed by atoms with Crippen LogP contribution in [0, 0.1) is 5.92 Å². The molecule has 108 valence electrons. The average molecular weight is 283 g/mol. The van der Waals surface area contributed by atoms with E-state index in [-0.39, 0.29) is 24.1 Å². The molecule has 0 unspecified atom stereocenters. The first-order valence-corrected chi connectivity index (χ1v) is 7.27. The van der Waals surface area contributed by atoms with Gasteiger partial charge in [0.05, 0.1) is 23.2 Å². The molecule has 1 saturated carbocycles. The molecule has 4 atom stereocenters. The summed E-state index contributed by atoms with van der Waals surface area (Å²) >= 11 is 0. The molecule has 0 spiro atoms. The molecule has 2 aromatic rings. The molecule has 2 heterocycles. The lowest BCUT2D eigenvalue weighted by molar-refractivity contribution is -0.0161. The van der Waals surface area contributed by atoms with Gasteiger partial charge < -0.3 is 15.8 Å². The Morgan fingerprint density at radius 1 is 1.38 bits per heavy atom. The number of para-hydroxylation sites is 1. The number of nitrogens with one attached hydrogen (secondary N) is 1. The Labute approximate surface area is 122 Å². The maximum atomic E-state index is 12.4. The molecule has 5 nitrogen and oxygen atoms in total. The van der Waals surface area contributed by atoms with Gasteiger partial charge in [0.25, 0.3) is 5.91 Å². The van der Waals surface area contributed by atoms with Crippen molar-refractivity contribution in [2.75, 3.05) is 6.61 Å². The van der Waals surface area contributed by atoms with Crippen LogP contribution in [0.2, 0.25) is 0 Å². The van der Waals surface area contributed by atoms with Crippen molar-refractivity contribution in [3.63, 3.8) is 0 Å². The minimum atomic E-state index is -0.136. The number of hydrogen-bond acceptors (Lipinski definition) is 4. The number of pyridine rings is 1. The summed E-state index contributed by atoms with van der Waals surface area (Å²) in [7, 11) is 0. The second-order valence-electron chi connectivity index (χ2n) is 5.78. The number of nitrogens with two attached hydrogens (primary N) is 1. The molecule has 4 rings (SSSR count). The van der Waals surface area contributed by atoms with E-state index >= 15 is 0 Å². The Morgan fingerprint density at radius 2 is 2.24 bits per heavy atom. The standard InChI is InChI=1S/C16H17N3O2/c17-13-11-5-6-21-15(11)14(13)19-16(20)10-7-9-3-1-2-4-12(9)18-8-10/h1-4,7-8,11,13-15H,5-6,17H2,(H,19,20)/t11-,13+,14-,15-/m1/s1. The highest BCUT2D eigenvalue weighted by Crippen LogP contribution is 2.37. The predicted molar refractivity (Wildman–Crippen MR) is 78.8 cm³/mol. The molecule has 1 aliphatic carbocycles. The molecule has 1 aliphatic heterocycles. The van der Waals surface area contributed by atoms with E-state index in [9.17, 15) is 4.79 Å². The molecule has 5 heteroatoms. The van der Waals surface area contributed by atoms with Crippen LogP contribution in [0.4, 0.5) is 0 Å². The largest absolute Gasteiger partial charge is 0.376 e. The van der Waals surface area contributed by atoms with Crippen LogP contribution >= 0.6 is 0 Å². The third-order valence-corrected chi connectivity index (χ3v) is 4.60. The first kappa shape index (κ1) is 12.7. The van der Waals surface area contributed by atoms with Gasteiger partial charge in [-0.25, -0.2) is 0 Å². The molecule has 1 saturated heterocycles. The predicted octanol–water partition coefficient (Wildman–Crippen LogP) is 1.08. The Kier molecular flexibility index (Phi) is 2.90. The van der Waals surface area contributed by atoms with E-state index in [2.05, 4.69) is 10.3 Å². The fourth-order valence-electron chi connectivity index (χ4n) is 3.36. The fourth-order valence-corrected chi connectivity index (χ4v) is 3.36. The summed E-state index contributed by atoms with van der Waals surface area (Å²) in [5.41, 5.74) is 7.56.